The zero-order valence-corrected chi connectivity index (χ0v) is 16.7. The Morgan fingerprint density at radius 3 is 2.70 bits per heavy atom. The lowest BCUT2D eigenvalue weighted by molar-refractivity contribution is -0.132. The molecular weight excluding hydrogens is 370 g/mol. The van der Waals surface area contributed by atoms with Crippen LogP contribution in [0.3, 0.4) is 0 Å². The van der Waals surface area contributed by atoms with Crippen molar-refractivity contribution in [2.45, 2.75) is 25.4 Å². The lowest BCUT2D eigenvalue weighted by atomic mass is 10.1. The van der Waals surface area contributed by atoms with Crippen molar-refractivity contribution in [3.8, 4) is 11.5 Å². The Kier molecular flexibility index (Phi) is 7.35. The average Bonchev–Trinajstić information content (AvgIpc) is 2.93. The summed E-state index contributed by atoms with van der Waals surface area (Å²) in [6.07, 6.45) is 2.47. The zero-order valence-electron chi connectivity index (χ0n) is 15.9. The zero-order chi connectivity index (χ0) is 20.0. The summed E-state index contributed by atoms with van der Waals surface area (Å²) >= 11 is 1.60. The number of hydrogen-bond donors (Lipinski definition) is 2. The number of benzene rings is 1. The number of carbonyl (C=O) groups excluding carboxylic acids is 3. The molecule has 1 aromatic carbocycles. The molecular formula is C18H25N3O5S. The summed E-state index contributed by atoms with van der Waals surface area (Å²) in [5.74, 6) is 1.20. The smallest absolute Gasteiger partial charge is 0.325 e. The van der Waals surface area contributed by atoms with Crippen LogP contribution in [0.25, 0.3) is 0 Å². The first-order valence-corrected chi connectivity index (χ1v) is 9.92. The summed E-state index contributed by atoms with van der Waals surface area (Å²) < 4.78 is 10.5. The Labute approximate surface area is 162 Å². The van der Waals surface area contributed by atoms with E-state index in [4.69, 9.17) is 9.47 Å². The molecule has 1 fully saturated rings. The summed E-state index contributed by atoms with van der Waals surface area (Å²) in [6, 6.07) is 3.80. The maximum Gasteiger partial charge on any atom is 0.325 e. The van der Waals surface area contributed by atoms with E-state index in [0.717, 1.165) is 16.2 Å². The highest BCUT2D eigenvalue weighted by Crippen LogP contribution is 2.29. The van der Waals surface area contributed by atoms with Gasteiger partial charge in [-0.15, -0.1) is 0 Å². The van der Waals surface area contributed by atoms with Crippen molar-refractivity contribution in [1.82, 2.24) is 15.5 Å². The number of nitrogens with one attached hydrogen (secondary N) is 2. The van der Waals surface area contributed by atoms with Crippen molar-refractivity contribution >= 4 is 29.6 Å². The Balaban J connectivity index is 2.01. The summed E-state index contributed by atoms with van der Waals surface area (Å²) in [5.41, 5.74) is 0.736. The van der Waals surface area contributed by atoms with Gasteiger partial charge in [0.15, 0.2) is 0 Å². The highest BCUT2D eigenvalue weighted by atomic mass is 32.2. The Morgan fingerprint density at radius 2 is 2.07 bits per heavy atom. The molecule has 1 aromatic rings. The number of amides is 4. The fourth-order valence-corrected chi connectivity index (χ4v) is 3.32. The molecule has 0 aromatic heterocycles. The number of urea groups is 1. The predicted octanol–water partition coefficient (Wildman–Crippen LogP) is 1.55. The van der Waals surface area contributed by atoms with E-state index in [0.29, 0.717) is 17.9 Å². The summed E-state index contributed by atoms with van der Waals surface area (Å²) in [5, 5.41) is 5.42. The molecule has 1 heterocycles. The standard InChI is InChI=1S/C18H25N3O5S/c1-11(13-9-12(25-2)5-6-15(13)26-3)19-16(22)10-21-17(23)14(7-8-27-4)20-18(21)24/h5-6,9,11,14H,7-8,10H2,1-4H3,(H,19,22)(H,20,24)/t11-,14-/m0/s1. The van der Waals surface area contributed by atoms with Gasteiger partial charge < -0.3 is 20.1 Å². The molecule has 9 heteroatoms. The minimum Gasteiger partial charge on any atom is -0.497 e. The van der Waals surface area contributed by atoms with Gasteiger partial charge in [0.2, 0.25) is 5.91 Å². The molecule has 1 aliphatic heterocycles. The number of carbonyl (C=O) groups is 3. The van der Waals surface area contributed by atoms with Gasteiger partial charge in [-0.1, -0.05) is 0 Å². The number of thioether (sulfide) groups is 1. The van der Waals surface area contributed by atoms with Gasteiger partial charge in [-0.05, 0) is 43.6 Å². The van der Waals surface area contributed by atoms with Crippen LogP contribution in [-0.4, -0.2) is 61.6 Å². The Bertz CT molecular complexity index is 712. The molecule has 0 radical (unpaired) electrons. The number of rotatable bonds is 9. The number of nitrogens with zero attached hydrogens (tertiary/aromatic N) is 1. The second-order valence-corrected chi connectivity index (χ2v) is 7.09. The first-order chi connectivity index (χ1) is 12.9. The van der Waals surface area contributed by atoms with E-state index >= 15 is 0 Å². The quantitative estimate of drug-likeness (QED) is 0.616. The van der Waals surface area contributed by atoms with Crippen LogP contribution in [-0.2, 0) is 9.59 Å². The van der Waals surface area contributed by atoms with E-state index < -0.39 is 24.0 Å². The molecule has 2 atom stereocenters. The molecule has 148 valence electrons. The monoisotopic (exact) mass is 395 g/mol. The SMILES string of the molecule is COc1ccc(OC)c([C@H](C)NC(=O)CN2C(=O)N[C@@H](CCSC)C2=O)c1. The van der Waals surface area contributed by atoms with Crippen LogP contribution >= 0.6 is 11.8 Å². The van der Waals surface area contributed by atoms with Crippen LogP contribution in [0.4, 0.5) is 4.79 Å². The van der Waals surface area contributed by atoms with Gasteiger partial charge in [-0.2, -0.15) is 11.8 Å². The largest absolute Gasteiger partial charge is 0.497 e. The molecule has 1 saturated heterocycles. The summed E-state index contributed by atoms with van der Waals surface area (Å²) in [4.78, 5) is 37.7. The average molecular weight is 395 g/mol. The van der Waals surface area contributed by atoms with Crippen LogP contribution in [0.1, 0.15) is 24.9 Å². The maximum absolute atomic E-state index is 12.4. The normalized spacial score (nSPS) is 17.5. The molecule has 27 heavy (non-hydrogen) atoms. The van der Waals surface area contributed by atoms with Gasteiger partial charge in [-0.3, -0.25) is 14.5 Å². The van der Waals surface area contributed by atoms with Crippen molar-refractivity contribution < 1.29 is 23.9 Å². The van der Waals surface area contributed by atoms with Crippen molar-refractivity contribution in [1.29, 1.82) is 0 Å². The van der Waals surface area contributed by atoms with E-state index in [1.807, 2.05) is 6.26 Å². The van der Waals surface area contributed by atoms with Crippen LogP contribution < -0.4 is 20.1 Å². The number of hydrogen-bond acceptors (Lipinski definition) is 6. The van der Waals surface area contributed by atoms with E-state index in [9.17, 15) is 14.4 Å². The molecule has 0 bridgehead atoms. The molecule has 1 aliphatic rings. The highest BCUT2D eigenvalue weighted by molar-refractivity contribution is 7.98. The summed E-state index contributed by atoms with van der Waals surface area (Å²) in [7, 11) is 3.10. The second-order valence-electron chi connectivity index (χ2n) is 6.11. The lowest BCUT2D eigenvalue weighted by Crippen LogP contribution is -2.41. The van der Waals surface area contributed by atoms with Crippen molar-refractivity contribution in [3.05, 3.63) is 23.8 Å². The van der Waals surface area contributed by atoms with Crippen LogP contribution in [0.15, 0.2) is 18.2 Å². The van der Waals surface area contributed by atoms with E-state index in [1.165, 1.54) is 0 Å². The minimum absolute atomic E-state index is 0.322. The topological polar surface area (TPSA) is 97.0 Å². The number of imide groups is 1. The molecule has 0 spiro atoms. The fraction of sp³-hybridized carbons (Fsp3) is 0.500. The van der Waals surface area contributed by atoms with Crippen molar-refractivity contribution in [2.75, 3.05) is 32.8 Å². The molecule has 0 saturated carbocycles. The van der Waals surface area contributed by atoms with Gasteiger partial charge >= 0.3 is 6.03 Å². The van der Waals surface area contributed by atoms with E-state index in [-0.39, 0.29) is 12.5 Å². The number of methoxy groups -OCH3 is 2. The molecule has 4 amide bonds. The number of ether oxygens (including phenoxy) is 2. The highest BCUT2D eigenvalue weighted by Gasteiger charge is 2.38. The van der Waals surface area contributed by atoms with Crippen molar-refractivity contribution in [2.24, 2.45) is 0 Å². The second kappa shape index (κ2) is 9.50. The Morgan fingerprint density at radius 1 is 1.33 bits per heavy atom. The van der Waals surface area contributed by atoms with Gasteiger partial charge in [0.1, 0.15) is 24.1 Å². The molecule has 2 rings (SSSR count). The summed E-state index contributed by atoms with van der Waals surface area (Å²) in [6.45, 7) is 1.47. The molecule has 8 nitrogen and oxygen atoms in total. The third kappa shape index (κ3) is 5.06. The van der Waals surface area contributed by atoms with E-state index in [1.54, 1.807) is 51.1 Å². The third-order valence-electron chi connectivity index (χ3n) is 4.30. The third-order valence-corrected chi connectivity index (χ3v) is 4.94. The van der Waals surface area contributed by atoms with Gasteiger partial charge in [0.25, 0.3) is 5.91 Å². The fourth-order valence-electron chi connectivity index (χ4n) is 2.84. The van der Waals surface area contributed by atoms with Crippen LogP contribution in [0, 0.1) is 0 Å². The molecule has 0 unspecified atom stereocenters. The van der Waals surface area contributed by atoms with Crippen LogP contribution in [0.2, 0.25) is 0 Å². The first kappa shape index (κ1) is 20.9. The predicted molar refractivity (Wildman–Crippen MR) is 103 cm³/mol. The van der Waals surface area contributed by atoms with Gasteiger partial charge in [0.05, 0.1) is 20.3 Å². The first-order valence-electron chi connectivity index (χ1n) is 8.53. The molecule has 2 N–H and O–H groups in total. The minimum atomic E-state index is -0.561. The van der Waals surface area contributed by atoms with E-state index in [2.05, 4.69) is 10.6 Å². The van der Waals surface area contributed by atoms with Gasteiger partial charge in [0, 0.05) is 5.56 Å². The van der Waals surface area contributed by atoms with Gasteiger partial charge in [-0.25, -0.2) is 4.79 Å². The molecule has 0 aliphatic carbocycles. The Hall–Kier alpha value is -2.42. The van der Waals surface area contributed by atoms with Crippen molar-refractivity contribution in [3.63, 3.8) is 0 Å². The lowest BCUT2D eigenvalue weighted by Gasteiger charge is -2.20. The maximum atomic E-state index is 12.4. The van der Waals surface area contributed by atoms with Crippen LogP contribution in [0.5, 0.6) is 11.5 Å².